The SMILES string of the molecule is CCC(I)OC(=O)[C@H](C)N[P@](=O)(OC[C@H]1O[C@@H](n2ccc(=O)[nH]c2=O)[C@](C)(F)[C@@H]1O)Oc1ccccc1. The second-order valence-corrected chi connectivity index (χ2v) is 11.5. The van der Waals surface area contributed by atoms with Gasteiger partial charge in [-0.2, -0.15) is 5.09 Å². The average molecular weight is 655 g/mol. The predicted octanol–water partition coefficient (Wildman–Crippen LogP) is 2.42. The molecule has 37 heavy (non-hydrogen) atoms. The van der Waals surface area contributed by atoms with Crippen molar-refractivity contribution in [3.63, 3.8) is 0 Å². The Hall–Kier alpha value is -2.10. The molecule has 1 saturated heterocycles. The number of nitrogens with one attached hydrogen (secondary N) is 2. The molecule has 3 rings (SSSR count). The highest BCUT2D eigenvalue weighted by molar-refractivity contribution is 14.1. The van der Waals surface area contributed by atoms with Gasteiger partial charge in [0.15, 0.2) is 16.0 Å². The maximum atomic E-state index is 15.5. The number of nitrogens with zero attached hydrogens (tertiary/aromatic N) is 1. The zero-order chi connectivity index (χ0) is 27.4. The van der Waals surface area contributed by atoms with Gasteiger partial charge in [-0.1, -0.05) is 25.1 Å². The molecule has 15 heteroatoms. The van der Waals surface area contributed by atoms with E-state index >= 15 is 4.39 Å². The number of aliphatic hydroxyl groups excluding tert-OH is 1. The van der Waals surface area contributed by atoms with Crippen LogP contribution in [0.25, 0.3) is 0 Å². The lowest BCUT2D eigenvalue weighted by Crippen LogP contribution is -2.43. The molecule has 2 aromatic rings. The highest BCUT2D eigenvalue weighted by atomic mass is 127. The summed E-state index contributed by atoms with van der Waals surface area (Å²) >= 11 is 1.94. The molecule has 1 aliphatic rings. The second kappa shape index (κ2) is 12.2. The van der Waals surface area contributed by atoms with E-state index in [1.165, 1.54) is 19.1 Å². The van der Waals surface area contributed by atoms with Crippen LogP contribution in [0.2, 0.25) is 0 Å². The molecule has 7 atom stereocenters. The van der Waals surface area contributed by atoms with Crippen molar-refractivity contribution in [1.82, 2.24) is 14.6 Å². The lowest BCUT2D eigenvalue weighted by Gasteiger charge is -2.25. The van der Waals surface area contributed by atoms with E-state index in [1.54, 1.807) is 18.2 Å². The minimum Gasteiger partial charge on any atom is -0.451 e. The molecule has 0 saturated carbocycles. The molecule has 0 bridgehead atoms. The maximum Gasteiger partial charge on any atom is 0.459 e. The van der Waals surface area contributed by atoms with Crippen LogP contribution in [0, 0.1) is 0 Å². The number of carbonyl (C=O) groups is 1. The summed E-state index contributed by atoms with van der Waals surface area (Å²) in [5.74, 6) is -0.548. The van der Waals surface area contributed by atoms with Gasteiger partial charge in [-0.3, -0.25) is 23.7 Å². The van der Waals surface area contributed by atoms with Crippen molar-refractivity contribution in [2.45, 2.75) is 61.4 Å². The number of aromatic amines is 1. The number of hydrogen-bond acceptors (Lipinski definition) is 9. The van der Waals surface area contributed by atoms with E-state index in [0.717, 1.165) is 23.8 Å². The number of esters is 1. The first-order chi connectivity index (χ1) is 17.4. The fourth-order valence-electron chi connectivity index (χ4n) is 3.45. The average Bonchev–Trinajstić information content (AvgIpc) is 3.06. The smallest absolute Gasteiger partial charge is 0.451 e. The molecule has 1 aromatic heterocycles. The van der Waals surface area contributed by atoms with E-state index in [2.05, 4.69) is 5.09 Å². The van der Waals surface area contributed by atoms with Crippen molar-refractivity contribution in [2.24, 2.45) is 0 Å². The standard InChI is InChI=1S/C22H28FIN3O9P/c1-4-16(24)35-19(30)13(2)26-37(32,36-14-8-6-5-7-9-14)33-12-15-18(29)22(3,23)20(34-15)27-11-10-17(28)25-21(27)31/h5-11,13,15-16,18,20,29H,4,12H2,1-3H3,(H,26,32)(H,25,28,31)/t13-,15+,16?,18+,20+,22+,37-/m0/s1. The predicted molar refractivity (Wildman–Crippen MR) is 138 cm³/mol. The van der Waals surface area contributed by atoms with Crippen LogP contribution in [0.3, 0.4) is 0 Å². The van der Waals surface area contributed by atoms with E-state index in [4.69, 9.17) is 18.5 Å². The molecular weight excluding hydrogens is 627 g/mol. The van der Waals surface area contributed by atoms with E-state index < -0.39 is 65.8 Å². The molecule has 0 radical (unpaired) electrons. The van der Waals surface area contributed by atoms with Gasteiger partial charge in [0, 0.05) is 12.3 Å². The van der Waals surface area contributed by atoms with Gasteiger partial charge in [0.1, 0.15) is 24.0 Å². The fraction of sp³-hybridized carbons (Fsp3) is 0.500. The number of aromatic nitrogens is 2. The third-order valence-corrected chi connectivity index (χ3v) is 8.25. The number of ether oxygens (including phenoxy) is 2. The van der Waals surface area contributed by atoms with Gasteiger partial charge >= 0.3 is 19.4 Å². The Morgan fingerprint density at radius 3 is 2.65 bits per heavy atom. The van der Waals surface area contributed by atoms with Gasteiger partial charge in [0.2, 0.25) is 0 Å². The quantitative estimate of drug-likeness (QED) is 0.142. The summed E-state index contributed by atoms with van der Waals surface area (Å²) in [6, 6.07) is 7.87. The summed E-state index contributed by atoms with van der Waals surface area (Å²) in [5, 5.41) is 13.1. The highest BCUT2D eigenvalue weighted by Crippen LogP contribution is 2.47. The zero-order valence-corrected chi connectivity index (χ0v) is 23.3. The maximum absolute atomic E-state index is 15.5. The summed E-state index contributed by atoms with van der Waals surface area (Å²) in [7, 11) is -4.31. The van der Waals surface area contributed by atoms with Crippen LogP contribution >= 0.6 is 30.3 Å². The Kier molecular flexibility index (Phi) is 9.69. The van der Waals surface area contributed by atoms with Crippen molar-refractivity contribution < 1.29 is 37.4 Å². The van der Waals surface area contributed by atoms with Gasteiger partial charge in [0.05, 0.1) is 6.61 Å². The van der Waals surface area contributed by atoms with E-state index in [0.29, 0.717) is 6.42 Å². The van der Waals surface area contributed by atoms with Crippen molar-refractivity contribution >= 4 is 36.3 Å². The van der Waals surface area contributed by atoms with Crippen LogP contribution < -0.4 is 20.9 Å². The first-order valence-corrected chi connectivity index (χ1v) is 14.1. The molecule has 1 aromatic carbocycles. The zero-order valence-electron chi connectivity index (χ0n) is 20.2. The Morgan fingerprint density at radius 2 is 2.03 bits per heavy atom. The molecule has 1 unspecified atom stereocenters. The van der Waals surface area contributed by atoms with Gasteiger partial charge in [0.25, 0.3) is 5.56 Å². The molecule has 1 aliphatic heterocycles. The first kappa shape index (κ1) is 29.5. The normalized spacial score (nSPS) is 26.7. The summed E-state index contributed by atoms with van der Waals surface area (Å²) in [5.41, 5.74) is -4.12. The molecule has 0 amide bonds. The number of carbonyl (C=O) groups excluding carboxylic acids is 1. The molecule has 204 valence electrons. The number of alkyl halides is 2. The molecule has 2 heterocycles. The molecule has 12 nitrogen and oxygen atoms in total. The van der Waals surface area contributed by atoms with Crippen molar-refractivity contribution in [1.29, 1.82) is 0 Å². The third kappa shape index (κ3) is 7.27. The van der Waals surface area contributed by atoms with Crippen LogP contribution in [-0.4, -0.2) is 55.3 Å². The van der Waals surface area contributed by atoms with Gasteiger partial charge in [-0.25, -0.2) is 13.8 Å². The Bertz CT molecular complexity index is 1240. The van der Waals surface area contributed by atoms with Crippen LogP contribution in [0.15, 0.2) is 52.2 Å². The molecule has 3 N–H and O–H groups in total. The minimum atomic E-state index is -4.31. The summed E-state index contributed by atoms with van der Waals surface area (Å²) in [6.45, 7) is 3.61. The minimum absolute atomic E-state index is 0.153. The van der Waals surface area contributed by atoms with Crippen LogP contribution in [0.4, 0.5) is 4.39 Å². The van der Waals surface area contributed by atoms with Crippen LogP contribution in [0.1, 0.15) is 33.4 Å². The number of para-hydroxylation sites is 1. The molecule has 1 fully saturated rings. The second-order valence-electron chi connectivity index (χ2n) is 8.44. The van der Waals surface area contributed by atoms with Gasteiger partial charge in [-0.15, -0.1) is 0 Å². The summed E-state index contributed by atoms with van der Waals surface area (Å²) < 4.78 is 51.3. The number of halogens is 2. The number of rotatable bonds is 11. The van der Waals surface area contributed by atoms with E-state index in [-0.39, 0.29) is 5.75 Å². The highest BCUT2D eigenvalue weighted by Gasteiger charge is 2.55. The lowest BCUT2D eigenvalue weighted by atomic mass is 9.98. The lowest BCUT2D eigenvalue weighted by molar-refractivity contribution is -0.146. The monoisotopic (exact) mass is 655 g/mol. The Morgan fingerprint density at radius 1 is 1.35 bits per heavy atom. The van der Waals surface area contributed by atoms with Gasteiger partial charge < -0.3 is 19.1 Å². The van der Waals surface area contributed by atoms with E-state index in [9.17, 15) is 24.1 Å². The first-order valence-electron chi connectivity index (χ1n) is 11.3. The van der Waals surface area contributed by atoms with Crippen LogP contribution in [-0.2, 0) is 23.4 Å². The third-order valence-electron chi connectivity index (χ3n) is 5.47. The molecule has 0 spiro atoms. The number of H-pyrrole nitrogens is 1. The number of hydrogen-bond donors (Lipinski definition) is 3. The molecule has 0 aliphatic carbocycles. The largest absolute Gasteiger partial charge is 0.459 e. The van der Waals surface area contributed by atoms with Crippen molar-refractivity contribution in [3.05, 3.63) is 63.4 Å². The Balaban J connectivity index is 1.79. The van der Waals surface area contributed by atoms with Crippen molar-refractivity contribution in [3.8, 4) is 5.75 Å². The van der Waals surface area contributed by atoms with Crippen LogP contribution in [0.5, 0.6) is 5.75 Å². The van der Waals surface area contributed by atoms with Crippen molar-refractivity contribution in [2.75, 3.05) is 6.61 Å². The van der Waals surface area contributed by atoms with E-state index in [1.807, 2.05) is 34.5 Å². The van der Waals surface area contributed by atoms with Gasteiger partial charge in [-0.05, 0) is 55.0 Å². The number of aliphatic hydroxyl groups is 1. The summed E-state index contributed by atoms with van der Waals surface area (Å²) in [6.07, 6.45) is -3.23. The topological polar surface area (TPSA) is 158 Å². The number of benzene rings is 1. The summed E-state index contributed by atoms with van der Waals surface area (Å²) in [4.78, 5) is 37.9. The molecular formula is C22H28FIN3O9P. The Labute approximate surface area is 225 Å². The fourth-order valence-corrected chi connectivity index (χ4v) is 5.20.